The van der Waals surface area contributed by atoms with Crippen molar-refractivity contribution < 1.29 is 0 Å². The highest BCUT2D eigenvalue weighted by Gasteiger charge is 2.08. The van der Waals surface area contributed by atoms with Crippen molar-refractivity contribution in [1.82, 2.24) is 9.97 Å². The quantitative estimate of drug-likeness (QED) is 0.917. The topological polar surface area (TPSA) is 37.8 Å². The van der Waals surface area contributed by atoms with E-state index in [0.29, 0.717) is 15.9 Å². The molecule has 94 valence electrons. The van der Waals surface area contributed by atoms with Gasteiger partial charge in [-0.3, -0.25) is 0 Å². The Morgan fingerprint density at radius 1 is 1.17 bits per heavy atom. The zero-order valence-electron chi connectivity index (χ0n) is 10.2. The number of halogens is 2. The summed E-state index contributed by atoms with van der Waals surface area (Å²) >= 11 is 12.1. The maximum atomic E-state index is 6.18. The summed E-state index contributed by atoms with van der Waals surface area (Å²) in [6.45, 7) is 4.69. The van der Waals surface area contributed by atoms with Crippen LogP contribution in [0.1, 0.15) is 12.7 Å². The molecule has 0 aliphatic carbocycles. The summed E-state index contributed by atoms with van der Waals surface area (Å²) in [5.74, 6) is 1.50. The third-order valence-corrected chi connectivity index (χ3v) is 2.95. The Balaban J connectivity index is 2.49. The lowest BCUT2D eigenvalue weighted by Crippen LogP contribution is -2.02. The van der Waals surface area contributed by atoms with Gasteiger partial charge in [0.1, 0.15) is 11.6 Å². The normalized spacial score (nSPS) is 10.4. The fraction of sp³-hybridized carbons (Fsp3) is 0.231. The third kappa shape index (κ3) is 2.92. The van der Waals surface area contributed by atoms with E-state index < -0.39 is 0 Å². The average Bonchev–Trinajstić information content (AvgIpc) is 2.28. The summed E-state index contributed by atoms with van der Waals surface area (Å²) in [5, 5.41) is 4.37. The molecule has 18 heavy (non-hydrogen) atoms. The fourth-order valence-electron chi connectivity index (χ4n) is 1.67. The first-order chi connectivity index (χ1) is 8.60. The molecule has 2 rings (SSSR count). The van der Waals surface area contributed by atoms with E-state index in [1.54, 1.807) is 12.1 Å². The van der Waals surface area contributed by atoms with Crippen LogP contribution in [0.15, 0.2) is 24.3 Å². The molecule has 0 unspecified atom stereocenters. The SMILES string of the molecule is CCNc1cc(-c2ccc(Cl)cc2Cl)nc(C)n1. The van der Waals surface area contributed by atoms with Crippen LogP contribution >= 0.6 is 23.2 Å². The number of hydrogen-bond donors (Lipinski definition) is 1. The molecule has 0 aliphatic heterocycles. The Hall–Kier alpha value is -1.32. The van der Waals surface area contributed by atoms with E-state index in [1.807, 2.05) is 26.0 Å². The maximum absolute atomic E-state index is 6.18. The minimum Gasteiger partial charge on any atom is -0.370 e. The van der Waals surface area contributed by atoms with Crippen LogP contribution in [0.3, 0.4) is 0 Å². The predicted molar refractivity (Wildman–Crippen MR) is 76.4 cm³/mol. The molecule has 0 saturated heterocycles. The van der Waals surface area contributed by atoms with E-state index in [0.717, 1.165) is 23.6 Å². The molecule has 3 nitrogen and oxygen atoms in total. The van der Waals surface area contributed by atoms with E-state index in [1.165, 1.54) is 0 Å². The number of benzene rings is 1. The molecule has 0 bridgehead atoms. The Labute approximate surface area is 116 Å². The van der Waals surface area contributed by atoms with Crippen LogP contribution in [-0.4, -0.2) is 16.5 Å². The number of aryl methyl sites for hydroxylation is 1. The van der Waals surface area contributed by atoms with Crippen molar-refractivity contribution in [3.05, 3.63) is 40.1 Å². The molecule has 1 aromatic carbocycles. The van der Waals surface area contributed by atoms with Crippen molar-refractivity contribution in [3.63, 3.8) is 0 Å². The van der Waals surface area contributed by atoms with Gasteiger partial charge in [0.2, 0.25) is 0 Å². The van der Waals surface area contributed by atoms with Crippen molar-refractivity contribution in [2.24, 2.45) is 0 Å². The van der Waals surface area contributed by atoms with Gasteiger partial charge >= 0.3 is 0 Å². The lowest BCUT2D eigenvalue weighted by atomic mass is 10.1. The van der Waals surface area contributed by atoms with E-state index in [4.69, 9.17) is 23.2 Å². The average molecular weight is 282 g/mol. The highest BCUT2D eigenvalue weighted by molar-refractivity contribution is 6.36. The number of nitrogens with zero attached hydrogens (tertiary/aromatic N) is 2. The monoisotopic (exact) mass is 281 g/mol. The number of aromatic nitrogens is 2. The summed E-state index contributed by atoms with van der Waals surface area (Å²) in [5.41, 5.74) is 1.64. The minimum atomic E-state index is 0.586. The summed E-state index contributed by atoms with van der Waals surface area (Å²) in [6.07, 6.45) is 0. The van der Waals surface area contributed by atoms with Crippen LogP contribution in [0.5, 0.6) is 0 Å². The molecule has 0 aliphatic rings. The van der Waals surface area contributed by atoms with Crippen LogP contribution in [0.2, 0.25) is 10.0 Å². The summed E-state index contributed by atoms with van der Waals surface area (Å²) in [6, 6.07) is 7.25. The highest BCUT2D eigenvalue weighted by Crippen LogP contribution is 2.30. The van der Waals surface area contributed by atoms with Gasteiger partial charge in [0, 0.05) is 23.2 Å². The van der Waals surface area contributed by atoms with Crippen molar-refractivity contribution in [2.45, 2.75) is 13.8 Å². The summed E-state index contributed by atoms with van der Waals surface area (Å²) < 4.78 is 0. The van der Waals surface area contributed by atoms with Crippen LogP contribution in [-0.2, 0) is 0 Å². The molecule has 0 fully saturated rings. The van der Waals surface area contributed by atoms with Crippen LogP contribution < -0.4 is 5.32 Å². The first-order valence-corrected chi connectivity index (χ1v) is 6.40. The van der Waals surface area contributed by atoms with Gasteiger partial charge in [0.25, 0.3) is 0 Å². The summed E-state index contributed by atoms with van der Waals surface area (Å²) in [7, 11) is 0. The molecule has 5 heteroatoms. The lowest BCUT2D eigenvalue weighted by molar-refractivity contribution is 1.04. The van der Waals surface area contributed by atoms with Crippen molar-refractivity contribution in [3.8, 4) is 11.3 Å². The zero-order valence-corrected chi connectivity index (χ0v) is 11.7. The lowest BCUT2D eigenvalue weighted by Gasteiger charge is -2.08. The molecule has 1 heterocycles. The molecule has 0 atom stereocenters. The second-order valence-corrected chi connectivity index (χ2v) is 4.68. The van der Waals surface area contributed by atoms with Gasteiger partial charge < -0.3 is 5.32 Å². The van der Waals surface area contributed by atoms with E-state index >= 15 is 0 Å². The van der Waals surface area contributed by atoms with Gasteiger partial charge in [-0.15, -0.1) is 0 Å². The molecule has 1 N–H and O–H groups in total. The number of hydrogen-bond acceptors (Lipinski definition) is 3. The first-order valence-electron chi connectivity index (χ1n) is 5.65. The molecular formula is C13H13Cl2N3. The van der Waals surface area contributed by atoms with Gasteiger partial charge in [0.05, 0.1) is 10.7 Å². The zero-order chi connectivity index (χ0) is 13.1. The van der Waals surface area contributed by atoms with E-state index in [-0.39, 0.29) is 0 Å². The van der Waals surface area contributed by atoms with Gasteiger partial charge in [0.15, 0.2) is 0 Å². The molecule has 1 aromatic heterocycles. The van der Waals surface area contributed by atoms with E-state index in [2.05, 4.69) is 15.3 Å². The molecule has 0 radical (unpaired) electrons. The Morgan fingerprint density at radius 2 is 1.94 bits per heavy atom. The van der Waals surface area contributed by atoms with Crippen molar-refractivity contribution in [2.75, 3.05) is 11.9 Å². The fourth-order valence-corrected chi connectivity index (χ4v) is 2.18. The second-order valence-electron chi connectivity index (χ2n) is 3.84. The van der Waals surface area contributed by atoms with Crippen LogP contribution in [0, 0.1) is 6.92 Å². The smallest absolute Gasteiger partial charge is 0.130 e. The van der Waals surface area contributed by atoms with Crippen molar-refractivity contribution in [1.29, 1.82) is 0 Å². The maximum Gasteiger partial charge on any atom is 0.130 e. The molecule has 0 spiro atoms. The molecule has 0 saturated carbocycles. The standard InChI is InChI=1S/C13H13Cl2N3/c1-3-16-13-7-12(17-8(2)18-13)10-5-4-9(14)6-11(10)15/h4-7H,3H2,1-2H3,(H,16,17,18). The summed E-state index contributed by atoms with van der Waals surface area (Å²) in [4.78, 5) is 8.70. The predicted octanol–water partition coefficient (Wildman–Crippen LogP) is 4.19. The third-order valence-electron chi connectivity index (χ3n) is 2.40. The Bertz CT molecular complexity index is 570. The molecule has 2 aromatic rings. The Kier molecular flexibility index (Phi) is 4.04. The van der Waals surface area contributed by atoms with E-state index in [9.17, 15) is 0 Å². The van der Waals surface area contributed by atoms with Gasteiger partial charge in [-0.2, -0.15) is 0 Å². The second kappa shape index (κ2) is 5.55. The van der Waals surface area contributed by atoms with Crippen LogP contribution in [0.4, 0.5) is 5.82 Å². The number of rotatable bonds is 3. The van der Waals surface area contributed by atoms with Gasteiger partial charge in [-0.1, -0.05) is 23.2 Å². The largest absolute Gasteiger partial charge is 0.370 e. The molecular weight excluding hydrogens is 269 g/mol. The number of nitrogens with one attached hydrogen (secondary N) is 1. The number of anilines is 1. The molecule has 0 amide bonds. The minimum absolute atomic E-state index is 0.586. The van der Waals surface area contributed by atoms with Gasteiger partial charge in [-0.05, 0) is 32.0 Å². The van der Waals surface area contributed by atoms with Gasteiger partial charge in [-0.25, -0.2) is 9.97 Å². The van der Waals surface area contributed by atoms with Crippen molar-refractivity contribution >= 4 is 29.0 Å². The highest BCUT2D eigenvalue weighted by atomic mass is 35.5. The Morgan fingerprint density at radius 3 is 2.61 bits per heavy atom. The first kappa shape index (κ1) is 13.1. The van der Waals surface area contributed by atoms with Crippen LogP contribution in [0.25, 0.3) is 11.3 Å².